The highest BCUT2D eigenvalue weighted by molar-refractivity contribution is 6.10. The Morgan fingerprint density at radius 1 is 1.10 bits per heavy atom. The lowest BCUT2D eigenvalue weighted by Gasteiger charge is -2.20. The molecule has 0 bridgehead atoms. The predicted octanol–water partition coefficient (Wildman–Crippen LogP) is 3.79. The number of carbonyl (C=O) groups is 1. The van der Waals surface area contributed by atoms with Crippen LogP contribution in [-0.2, 0) is 5.41 Å². The van der Waals surface area contributed by atoms with Crippen LogP contribution in [-0.4, -0.2) is 10.9 Å². The molecule has 3 heteroatoms. The van der Waals surface area contributed by atoms with E-state index < -0.39 is 0 Å². The zero-order valence-corrected chi connectivity index (χ0v) is 12.3. The Labute approximate surface area is 124 Å². The monoisotopic (exact) mass is 279 g/mol. The van der Waals surface area contributed by atoms with Gasteiger partial charge in [0.25, 0.3) is 0 Å². The van der Waals surface area contributed by atoms with E-state index in [-0.39, 0.29) is 22.5 Å². The minimum Gasteiger partial charge on any atom is -0.507 e. The molecule has 0 aliphatic heterocycles. The number of nitriles is 1. The Balaban J connectivity index is 2.45. The van der Waals surface area contributed by atoms with Crippen molar-refractivity contribution in [2.75, 3.05) is 0 Å². The quantitative estimate of drug-likeness (QED) is 0.851. The van der Waals surface area contributed by atoms with Crippen LogP contribution in [0.4, 0.5) is 0 Å². The summed E-state index contributed by atoms with van der Waals surface area (Å²) >= 11 is 0. The van der Waals surface area contributed by atoms with Gasteiger partial charge in [-0.15, -0.1) is 0 Å². The normalized spacial score (nSPS) is 11.0. The van der Waals surface area contributed by atoms with Gasteiger partial charge in [0.1, 0.15) is 5.75 Å². The summed E-state index contributed by atoms with van der Waals surface area (Å²) in [6, 6.07) is 13.5. The number of benzene rings is 2. The van der Waals surface area contributed by atoms with Crippen molar-refractivity contribution in [3.63, 3.8) is 0 Å². The first-order chi connectivity index (χ1) is 9.82. The zero-order chi connectivity index (χ0) is 15.6. The Hall–Kier alpha value is -2.60. The number of rotatable bonds is 2. The minimum absolute atomic E-state index is 0.0302. The summed E-state index contributed by atoms with van der Waals surface area (Å²) in [6.45, 7) is 6.15. The molecule has 0 radical (unpaired) electrons. The molecule has 0 aliphatic carbocycles. The molecule has 0 saturated carbocycles. The maximum absolute atomic E-state index is 12.5. The molecule has 0 atom stereocenters. The zero-order valence-electron chi connectivity index (χ0n) is 12.3. The van der Waals surface area contributed by atoms with Crippen LogP contribution in [0.15, 0.2) is 42.5 Å². The Bertz CT molecular complexity index is 716. The molecular weight excluding hydrogens is 262 g/mol. The molecule has 3 nitrogen and oxygen atoms in total. The molecule has 0 spiro atoms. The number of phenols is 1. The standard InChI is InChI=1S/C18H17NO2/c1-18(2,3)14-8-9-16(20)15(10-14)17(21)13-6-4-12(11-19)5-7-13/h4-10,20H,1-3H3. The smallest absolute Gasteiger partial charge is 0.196 e. The largest absolute Gasteiger partial charge is 0.507 e. The van der Waals surface area contributed by atoms with Crippen molar-refractivity contribution in [2.24, 2.45) is 0 Å². The van der Waals surface area contributed by atoms with Gasteiger partial charge in [0.2, 0.25) is 0 Å². The molecule has 1 N–H and O–H groups in total. The summed E-state index contributed by atoms with van der Waals surface area (Å²) in [5.74, 6) is -0.277. The highest BCUT2D eigenvalue weighted by Crippen LogP contribution is 2.28. The van der Waals surface area contributed by atoms with Gasteiger partial charge in [0.15, 0.2) is 5.78 Å². The van der Waals surface area contributed by atoms with Crippen LogP contribution in [0.3, 0.4) is 0 Å². The van der Waals surface area contributed by atoms with E-state index in [1.807, 2.05) is 12.1 Å². The van der Waals surface area contributed by atoms with Crippen molar-refractivity contribution in [2.45, 2.75) is 26.2 Å². The molecule has 0 amide bonds. The molecule has 0 aliphatic rings. The number of carbonyl (C=O) groups excluding carboxylic acids is 1. The first-order valence-electron chi connectivity index (χ1n) is 6.71. The van der Waals surface area contributed by atoms with Gasteiger partial charge in [-0.3, -0.25) is 4.79 Å². The molecule has 2 aromatic carbocycles. The maximum Gasteiger partial charge on any atom is 0.196 e. The van der Waals surface area contributed by atoms with Crippen LogP contribution in [0.2, 0.25) is 0 Å². The number of aromatic hydroxyl groups is 1. The third kappa shape index (κ3) is 3.11. The summed E-state index contributed by atoms with van der Waals surface area (Å²) in [7, 11) is 0. The molecule has 0 fully saturated rings. The summed E-state index contributed by atoms with van der Waals surface area (Å²) in [6.07, 6.45) is 0. The van der Waals surface area contributed by atoms with Crippen molar-refractivity contribution in [3.8, 4) is 11.8 Å². The molecule has 0 saturated heterocycles. The number of phenolic OH excluding ortho intramolecular Hbond substituents is 1. The van der Waals surface area contributed by atoms with Gasteiger partial charge in [0.05, 0.1) is 17.2 Å². The molecule has 0 heterocycles. The molecule has 21 heavy (non-hydrogen) atoms. The van der Waals surface area contributed by atoms with Crippen molar-refractivity contribution < 1.29 is 9.90 Å². The number of ketones is 1. The van der Waals surface area contributed by atoms with E-state index in [0.717, 1.165) is 5.56 Å². The highest BCUT2D eigenvalue weighted by Gasteiger charge is 2.19. The summed E-state index contributed by atoms with van der Waals surface area (Å²) < 4.78 is 0. The number of hydrogen-bond acceptors (Lipinski definition) is 3. The first-order valence-corrected chi connectivity index (χ1v) is 6.71. The van der Waals surface area contributed by atoms with Crippen LogP contribution in [0, 0.1) is 11.3 Å². The van der Waals surface area contributed by atoms with Gasteiger partial charge in [-0.25, -0.2) is 0 Å². The molecule has 2 rings (SSSR count). The van der Waals surface area contributed by atoms with Crippen LogP contribution in [0.25, 0.3) is 0 Å². The van der Waals surface area contributed by atoms with Crippen molar-refractivity contribution in [1.82, 2.24) is 0 Å². The second-order valence-corrected chi connectivity index (χ2v) is 6.00. The summed E-state index contributed by atoms with van der Waals surface area (Å²) in [4.78, 5) is 12.5. The first kappa shape index (κ1) is 14.8. The van der Waals surface area contributed by atoms with Gasteiger partial charge in [-0.1, -0.05) is 26.8 Å². The van der Waals surface area contributed by atoms with E-state index in [2.05, 4.69) is 20.8 Å². The fourth-order valence-electron chi connectivity index (χ4n) is 2.04. The van der Waals surface area contributed by atoms with Crippen LogP contribution >= 0.6 is 0 Å². The summed E-state index contributed by atoms with van der Waals surface area (Å²) in [5.41, 5.74) is 2.12. The molecule has 106 valence electrons. The Kier molecular flexibility index (Phi) is 3.82. The topological polar surface area (TPSA) is 61.1 Å². The lowest BCUT2D eigenvalue weighted by atomic mass is 9.85. The predicted molar refractivity (Wildman–Crippen MR) is 81.4 cm³/mol. The van der Waals surface area contributed by atoms with Crippen LogP contribution in [0.5, 0.6) is 5.75 Å². The fraction of sp³-hybridized carbons (Fsp3) is 0.222. The van der Waals surface area contributed by atoms with Crippen LogP contribution in [0.1, 0.15) is 47.8 Å². The molecular formula is C18H17NO2. The van der Waals surface area contributed by atoms with Gasteiger partial charge >= 0.3 is 0 Å². The van der Waals surface area contributed by atoms with Crippen molar-refractivity contribution in [3.05, 3.63) is 64.7 Å². The third-order valence-electron chi connectivity index (χ3n) is 3.38. The highest BCUT2D eigenvalue weighted by atomic mass is 16.3. The average Bonchev–Trinajstić information content (AvgIpc) is 2.46. The van der Waals surface area contributed by atoms with Crippen molar-refractivity contribution in [1.29, 1.82) is 5.26 Å². The van der Waals surface area contributed by atoms with E-state index in [9.17, 15) is 9.90 Å². The number of hydrogen-bond donors (Lipinski definition) is 1. The minimum atomic E-state index is -0.247. The van der Waals surface area contributed by atoms with Gasteiger partial charge in [0, 0.05) is 5.56 Å². The van der Waals surface area contributed by atoms with E-state index in [0.29, 0.717) is 11.1 Å². The van der Waals surface area contributed by atoms with Gasteiger partial charge in [-0.05, 0) is 47.4 Å². The second-order valence-electron chi connectivity index (χ2n) is 6.00. The van der Waals surface area contributed by atoms with Crippen LogP contribution < -0.4 is 0 Å². The number of nitrogens with zero attached hydrogens (tertiary/aromatic N) is 1. The van der Waals surface area contributed by atoms with Crippen molar-refractivity contribution >= 4 is 5.78 Å². The molecule has 2 aromatic rings. The second kappa shape index (κ2) is 5.41. The van der Waals surface area contributed by atoms with Gasteiger partial charge < -0.3 is 5.11 Å². The van der Waals surface area contributed by atoms with E-state index in [4.69, 9.17) is 5.26 Å². The fourth-order valence-corrected chi connectivity index (χ4v) is 2.04. The lowest BCUT2D eigenvalue weighted by Crippen LogP contribution is -2.12. The molecule has 0 aromatic heterocycles. The maximum atomic E-state index is 12.5. The Morgan fingerprint density at radius 3 is 2.24 bits per heavy atom. The van der Waals surface area contributed by atoms with E-state index >= 15 is 0 Å². The molecule has 0 unspecified atom stereocenters. The average molecular weight is 279 g/mol. The van der Waals surface area contributed by atoms with Gasteiger partial charge in [-0.2, -0.15) is 5.26 Å². The summed E-state index contributed by atoms with van der Waals surface area (Å²) in [5, 5.41) is 18.7. The Morgan fingerprint density at radius 2 is 1.71 bits per heavy atom. The lowest BCUT2D eigenvalue weighted by molar-refractivity contribution is 0.103. The van der Waals surface area contributed by atoms with E-state index in [1.54, 1.807) is 36.4 Å². The SMILES string of the molecule is CC(C)(C)c1ccc(O)c(C(=O)c2ccc(C#N)cc2)c1. The van der Waals surface area contributed by atoms with E-state index in [1.165, 1.54) is 0 Å². The third-order valence-corrected chi connectivity index (χ3v) is 3.38.